The molecule has 1 amide bonds. The van der Waals surface area contributed by atoms with Gasteiger partial charge in [0.25, 0.3) is 5.91 Å². The van der Waals surface area contributed by atoms with Crippen molar-refractivity contribution < 1.29 is 9.21 Å². The Morgan fingerprint density at radius 3 is 2.85 bits per heavy atom. The van der Waals surface area contributed by atoms with Gasteiger partial charge in [-0.05, 0) is 30.0 Å². The largest absolute Gasteiger partial charge is 0.450 e. The average molecular weight is 415 g/mol. The van der Waals surface area contributed by atoms with Crippen molar-refractivity contribution in [2.24, 2.45) is 9.39 Å². The molecule has 0 spiro atoms. The zero-order valence-corrected chi connectivity index (χ0v) is 16.7. The van der Waals surface area contributed by atoms with Gasteiger partial charge in [0, 0.05) is 5.75 Å². The van der Waals surface area contributed by atoms with Crippen LogP contribution in [0.3, 0.4) is 0 Å². The van der Waals surface area contributed by atoms with Crippen LogP contribution in [-0.4, -0.2) is 33.2 Å². The predicted octanol–water partition coefficient (Wildman–Crippen LogP) is 4.51. The molecule has 0 unspecified atom stereocenters. The van der Waals surface area contributed by atoms with E-state index >= 15 is 0 Å². The minimum absolute atomic E-state index is 0.0676. The number of amidine groups is 3. The van der Waals surface area contributed by atoms with Crippen molar-refractivity contribution >= 4 is 63.6 Å². The second kappa shape index (κ2) is 7.79. The molecule has 136 valence electrons. The number of hydrogen-bond donors (Lipinski definition) is 1. The SMILES string of the molecule is CSC1=NSC2=NC(=O)/C(=C\c3ccc(SCc4ccccc4)o3)C(=N)N12. The second-order valence-electron chi connectivity index (χ2n) is 5.54. The number of furan rings is 1. The Balaban J connectivity index is 1.52. The lowest BCUT2D eigenvalue weighted by Gasteiger charge is -2.23. The monoisotopic (exact) mass is 414 g/mol. The maximum absolute atomic E-state index is 12.3. The summed E-state index contributed by atoms with van der Waals surface area (Å²) in [6.07, 6.45) is 3.44. The van der Waals surface area contributed by atoms with Crippen molar-refractivity contribution in [2.45, 2.75) is 10.8 Å². The summed E-state index contributed by atoms with van der Waals surface area (Å²) in [4.78, 5) is 17.9. The summed E-state index contributed by atoms with van der Waals surface area (Å²) >= 11 is 4.10. The molecule has 1 aromatic heterocycles. The Bertz CT molecular complexity index is 995. The maximum Gasteiger partial charge on any atom is 0.283 e. The van der Waals surface area contributed by atoms with E-state index in [9.17, 15) is 4.79 Å². The number of aliphatic imine (C=N–C) groups is 1. The van der Waals surface area contributed by atoms with Crippen molar-refractivity contribution in [1.29, 1.82) is 5.41 Å². The first-order valence-corrected chi connectivity index (χ1v) is 10.9. The number of rotatable bonds is 4. The zero-order valence-electron chi connectivity index (χ0n) is 14.2. The van der Waals surface area contributed by atoms with Gasteiger partial charge >= 0.3 is 0 Å². The highest BCUT2D eigenvalue weighted by Crippen LogP contribution is 2.32. The lowest BCUT2D eigenvalue weighted by Crippen LogP contribution is -2.41. The first-order chi connectivity index (χ1) is 13.2. The molecular weight excluding hydrogens is 400 g/mol. The van der Waals surface area contributed by atoms with Gasteiger partial charge in [0.2, 0.25) is 5.17 Å². The van der Waals surface area contributed by atoms with E-state index in [0.717, 1.165) is 22.8 Å². The molecule has 6 nitrogen and oxygen atoms in total. The average Bonchev–Trinajstić information content (AvgIpc) is 3.31. The Kier molecular flexibility index (Phi) is 5.24. The third-order valence-electron chi connectivity index (χ3n) is 3.79. The van der Waals surface area contributed by atoms with Gasteiger partial charge in [-0.25, -0.2) is 4.90 Å². The van der Waals surface area contributed by atoms with E-state index < -0.39 is 5.91 Å². The molecule has 27 heavy (non-hydrogen) atoms. The molecule has 2 aliphatic rings. The fraction of sp³-hybridized carbons (Fsp3) is 0.111. The van der Waals surface area contributed by atoms with Gasteiger partial charge in [-0.2, -0.15) is 9.39 Å². The summed E-state index contributed by atoms with van der Waals surface area (Å²) in [5, 5.41) is 10.2. The normalized spacial score (nSPS) is 18.0. The highest BCUT2D eigenvalue weighted by molar-refractivity contribution is 8.18. The molecule has 0 fully saturated rings. The Morgan fingerprint density at radius 2 is 2.07 bits per heavy atom. The molecule has 2 aliphatic heterocycles. The molecule has 1 aromatic carbocycles. The molecule has 4 rings (SSSR count). The Labute approximate surface area is 168 Å². The lowest BCUT2D eigenvalue weighted by molar-refractivity contribution is -0.114. The smallest absolute Gasteiger partial charge is 0.283 e. The van der Waals surface area contributed by atoms with E-state index in [2.05, 4.69) is 21.5 Å². The summed E-state index contributed by atoms with van der Waals surface area (Å²) in [5.41, 5.74) is 1.40. The van der Waals surface area contributed by atoms with E-state index in [4.69, 9.17) is 9.83 Å². The van der Waals surface area contributed by atoms with Gasteiger partial charge in [-0.1, -0.05) is 53.9 Å². The van der Waals surface area contributed by atoms with Crippen LogP contribution >= 0.6 is 35.5 Å². The topological polar surface area (TPSA) is 82.0 Å². The minimum Gasteiger partial charge on any atom is -0.450 e. The van der Waals surface area contributed by atoms with Crippen LogP contribution in [0.15, 0.2) is 66.9 Å². The van der Waals surface area contributed by atoms with Crippen LogP contribution < -0.4 is 0 Å². The maximum atomic E-state index is 12.3. The molecule has 0 saturated carbocycles. The molecule has 9 heteroatoms. The van der Waals surface area contributed by atoms with Crippen LogP contribution in [0.2, 0.25) is 0 Å². The molecule has 0 atom stereocenters. The molecule has 0 radical (unpaired) electrons. The number of hydrogen-bond acceptors (Lipinski definition) is 7. The van der Waals surface area contributed by atoms with E-state index in [1.165, 1.54) is 17.3 Å². The van der Waals surface area contributed by atoms with Crippen molar-refractivity contribution in [3.63, 3.8) is 0 Å². The highest BCUT2D eigenvalue weighted by atomic mass is 32.2. The number of nitrogens with one attached hydrogen (secondary N) is 1. The number of thioether (sulfide) groups is 2. The number of fused-ring (bicyclic) bond motifs is 1. The van der Waals surface area contributed by atoms with Gasteiger partial charge in [-0.15, -0.1) is 0 Å². The van der Waals surface area contributed by atoms with Crippen LogP contribution in [0, 0.1) is 5.41 Å². The Hall–Kier alpha value is -2.23. The minimum atomic E-state index is -0.453. The molecule has 0 aliphatic carbocycles. The van der Waals surface area contributed by atoms with Crippen molar-refractivity contribution in [1.82, 2.24) is 4.90 Å². The second-order valence-corrected chi connectivity index (χ2v) is 8.03. The third-order valence-corrected chi connectivity index (χ3v) is 6.23. The molecule has 1 N–H and O–H groups in total. The lowest BCUT2D eigenvalue weighted by atomic mass is 10.1. The first-order valence-electron chi connectivity index (χ1n) is 7.95. The van der Waals surface area contributed by atoms with Crippen LogP contribution in [0.1, 0.15) is 11.3 Å². The standard InChI is InChI=1S/C18H14N4O2S3/c1-25-18-21-27-17-20-16(23)13(15(19)22(17)18)9-12-7-8-14(24-12)26-10-11-5-3-2-4-6-11/h2-9,19H,10H2,1H3/b13-9-,19-15?. The van der Waals surface area contributed by atoms with Crippen molar-refractivity contribution in [2.75, 3.05) is 6.26 Å². The number of benzene rings is 1. The van der Waals surface area contributed by atoms with Crippen LogP contribution in [0.5, 0.6) is 0 Å². The zero-order chi connectivity index (χ0) is 18.8. The summed E-state index contributed by atoms with van der Waals surface area (Å²) in [6.45, 7) is 0. The van der Waals surface area contributed by atoms with Gasteiger partial charge < -0.3 is 4.42 Å². The van der Waals surface area contributed by atoms with Gasteiger partial charge in [0.1, 0.15) is 11.6 Å². The molecule has 3 heterocycles. The van der Waals surface area contributed by atoms with E-state index in [0.29, 0.717) is 16.1 Å². The van der Waals surface area contributed by atoms with E-state index in [-0.39, 0.29) is 11.4 Å². The van der Waals surface area contributed by atoms with E-state index in [1.54, 1.807) is 28.8 Å². The summed E-state index contributed by atoms with van der Waals surface area (Å²) in [6, 6.07) is 13.8. The predicted molar refractivity (Wildman–Crippen MR) is 113 cm³/mol. The fourth-order valence-corrected chi connectivity index (χ4v) is 4.77. The van der Waals surface area contributed by atoms with Gasteiger partial charge in [0.05, 0.1) is 17.5 Å². The summed E-state index contributed by atoms with van der Waals surface area (Å²) in [5.74, 6) is 0.932. The summed E-state index contributed by atoms with van der Waals surface area (Å²) in [7, 11) is 0. The Morgan fingerprint density at radius 1 is 1.26 bits per heavy atom. The molecule has 2 aromatic rings. The van der Waals surface area contributed by atoms with Crippen molar-refractivity contribution in [3.05, 3.63) is 59.4 Å². The van der Waals surface area contributed by atoms with Gasteiger partial charge in [-0.3, -0.25) is 10.2 Å². The number of nitrogens with zero attached hydrogens (tertiary/aromatic N) is 3. The molecule has 0 saturated heterocycles. The van der Waals surface area contributed by atoms with Crippen LogP contribution in [0.25, 0.3) is 6.08 Å². The van der Waals surface area contributed by atoms with Gasteiger partial charge in [0.15, 0.2) is 10.3 Å². The molecular formula is C18H14N4O2S3. The molecule has 0 bridgehead atoms. The third kappa shape index (κ3) is 3.76. The number of carbonyl (C=O) groups is 1. The van der Waals surface area contributed by atoms with Crippen LogP contribution in [0.4, 0.5) is 0 Å². The van der Waals surface area contributed by atoms with Crippen LogP contribution in [-0.2, 0) is 10.5 Å². The first kappa shape index (κ1) is 18.1. The fourth-order valence-electron chi connectivity index (χ4n) is 2.49. The summed E-state index contributed by atoms with van der Waals surface area (Å²) < 4.78 is 10.0. The number of carbonyl (C=O) groups excluding carboxylic acids is 1. The van der Waals surface area contributed by atoms with E-state index in [1.807, 2.05) is 30.5 Å². The highest BCUT2D eigenvalue weighted by Gasteiger charge is 2.37. The number of amides is 1. The van der Waals surface area contributed by atoms with Crippen molar-refractivity contribution in [3.8, 4) is 0 Å². The quantitative estimate of drug-likeness (QED) is 0.450.